The number of nitrogens with zero attached hydrogens (tertiary/aromatic N) is 2. The van der Waals surface area contributed by atoms with Gasteiger partial charge in [0.25, 0.3) is 0 Å². The predicted molar refractivity (Wildman–Crippen MR) is 99.0 cm³/mol. The molecule has 0 spiro atoms. The maximum Gasteiger partial charge on any atom is 0.225 e. The third-order valence-corrected chi connectivity index (χ3v) is 4.74. The molecule has 1 atom stereocenters. The molecule has 5 nitrogen and oxygen atoms in total. The van der Waals surface area contributed by atoms with Gasteiger partial charge in [-0.2, -0.15) is 0 Å². The van der Waals surface area contributed by atoms with Gasteiger partial charge in [-0.05, 0) is 30.4 Å². The highest BCUT2D eigenvalue weighted by Gasteiger charge is 2.33. The summed E-state index contributed by atoms with van der Waals surface area (Å²) >= 11 is 0. The molecule has 0 radical (unpaired) electrons. The van der Waals surface area contributed by atoms with E-state index in [1.807, 2.05) is 43.3 Å². The van der Waals surface area contributed by atoms with Gasteiger partial charge in [0.2, 0.25) is 11.8 Å². The van der Waals surface area contributed by atoms with Gasteiger partial charge in [0.05, 0.1) is 5.92 Å². The van der Waals surface area contributed by atoms with Crippen molar-refractivity contribution in [2.75, 3.05) is 33.7 Å². The summed E-state index contributed by atoms with van der Waals surface area (Å²) in [5.41, 5.74) is 1.10. The second kappa shape index (κ2) is 7.66. The molecule has 25 heavy (non-hydrogen) atoms. The first-order chi connectivity index (χ1) is 12.0. The van der Waals surface area contributed by atoms with Crippen molar-refractivity contribution in [2.45, 2.75) is 13.0 Å². The lowest BCUT2D eigenvalue weighted by atomic mass is 10.0. The Kier molecular flexibility index (Phi) is 5.34. The van der Waals surface area contributed by atoms with Crippen molar-refractivity contribution in [3.05, 3.63) is 48.0 Å². The van der Waals surface area contributed by atoms with Crippen LogP contribution in [-0.2, 0) is 16.1 Å². The second-order valence-electron chi connectivity index (χ2n) is 6.90. The highest BCUT2D eigenvalue weighted by Crippen LogP contribution is 2.20. The summed E-state index contributed by atoms with van der Waals surface area (Å²) in [6.45, 7) is 2.51. The molecule has 2 aromatic carbocycles. The Hall–Kier alpha value is -2.40. The van der Waals surface area contributed by atoms with Crippen LogP contribution in [0.4, 0.5) is 0 Å². The average Bonchev–Trinajstić information content (AvgIpc) is 2.98. The van der Waals surface area contributed by atoms with Gasteiger partial charge in [0, 0.05) is 32.6 Å². The van der Waals surface area contributed by atoms with Crippen LogP contribution in [0.15, 0.2) is 42.5 Å². The Morgan fingerprint density at radius 3 is 2.76 bits per heavy atom. The smallest absolute Gasteiger partial charge is 0.225 e. The minimum absolute atomic E-state index is 0.0337. The van der Waals surface area contributed by atoms with Crippen molar-refractivity contribution in [1.29, 1.82) is 0 Å². The fourth-order valence-corrected chi connectivity index (χ4v) is 3.26. The molecule has 1 N–H and O–H groups in total. The lowest BCUT2D eigenvalue weighted by Crippen LogP contribution is -2.35. The largest absolute Gasteiger partial charge is 0.352 e. The Balaban J connectivity index is 1.58. The van der Waals surface area contributed by atoms with Crippen LogP contribution in [0.25, 0.3) is 10.8 Å². The number of fused-ring (bicyclic) bond motifs is 1. The highest BCUT2D eigenvalue weighted by atomic mass is 16.2. The number of nitrogens with one attached hydrogen (secondary N) is 1. The van der Waals surface area contributed by atoms with E-state index in [1.54, 1.807) is 4.90 Å². The van der Waals surface area contributed by atoms with Crippen LogP contribution in [0.3, 0.4) is 0 Å². The zero-order chi connectivity index (χ0) is 17.8. The number of hydrogen-bond acceptors (Lipinski definition) is 3. The Morgan fingerprint density at radius 1 is 1.20 bits per heavy atom. The fourth-order valence-electron chi connectivity index (χ4n) is 3.26. The number of likely N-dealkylation sites (N-methyl/N-ethyl adjacent to an activating group) is 1. The van der Waals surface area contributed by atoms with E-state index in [0.29, 0.717) is 26.1 Å². The van der Waals surface area contributed by atoms with Crippen molar-refractivity contribution in [1.82, 2.24) is 15.1 Å². The molecule has 132 valence electrons. The molecular formula is C20H25N3O2. The summed E-state index contributed by atoms with van der Waals surface area (Å²) in [5.74, 6) is -0.203. The first kappa shape index (κ1) is 17.4. The van der Waals surface area contributed by atoms with E-state index in [-0.39, 0.29) is 17.7 Å². The van der Waals surface area contributed by atoms with Gasteiger partial charge < -0.3 is 15.1 Å². The van der Waals surface area contributed by atoms with Crippen molar-refractivity contribution in [2.24, 2.45) is 5.92 Å². The third kappa shape index (κ3) is 4.17. The summed E-state index contributed by atoms with van der Waals surface area (Å²) in [5, 5.41) is 5.33. The normalized spacial score (nSPS) is 17.5. The molecule has 3 rings (SSSR count). The van der Waals surface area contributed by atoms with Gasteiger partial charge in [0.1, 0.15) is 0 Å². The number of hydrogen-bond donors (Lipinski definition) is 1. The topological polar surface area (TPSA) is 52.6 Å². The monoisotopic (exact) mass is 339 g/mol. The van der Waals surface area contributed by atoms with Crippen LogP contribution >= 0.6 is 0 Å². The maximum atomic E-state index is 12.5. The summed E-state index contributed by atoms with van der Waals surface area (Å²) < 4.78 is 0. The molecule has 2 amide bonds. The van der Waals surface area contributed by atoms with Gasteiger partial charge in [0.15, 0.2) is 0 Å². The van der Waals surface area contributed by atoms with Gasteiger partial charge >= 0.3 is 0 Å². The molecule has 0 aromatic heterocycles. The van der Waals surface area contributed by atoms with Gasteiger partial charge in [-0.1, -0.05) is 42.5 Å². The van der Waals surface area contributed by atoms with Gasteiger partial charge in [-0.25, -0.2) is 0 Å². The number of rotatable bonds is 6. The summed E-state index contributed by atoms with van der Waals surface area (Å²) in [6, 6.07) is 14.3. The Bertz CT molecular complexity index is 767. The Morgan fingerprint density at radius 2 is 1.96 bits per heavy atom. The van der Waals surface area contributed by atoms with Crippen LogP contribution < -0.4 is 5.32 Å². The summed E-state index contributed by atoms with van der Waals surface area (Å²) in [4.78, 5) is 28.4. The minimum Gasteiger partial charge on any atom is -0.352 e. The van der Waals surface area contributed by atoms with Gasteiger partial charge in [-0.3, -0.25) is 9.59 Å². The van der Waals surface area contributed by atoms with E-state index in [9.17, 15) is 9.59 Å². The van der Waals surface area contributed by atoms with Crippen LogP contribution in [-0.4, -0.2) is 55.3 Å². The molecule has 5 heteroatoms. The molecule has 0 aliphatic carbocycles. The number of likely N-dealkylation sites (tertiary alicyclic amines) is 1. The number of amides is 2. The summed E-state index contributed by atoms with van der Waals surface area (Å²) in [7, 11) is 3.96. The van der Waals surface area contributed by atoms with E-state index in [4.69, 9.17) is 0 Å². The quantitative estimate of drug-likeness (QED) is 0.874. The van der Waals surface area contributed by atoms with Crippen LogP contribution in [0.1, 0.15) is 12.0 Å². The SMILES string of the molecule is CN(C)CCN1C[C@H](C(=O)NCc2cccc3ccccc23)CC1=O. The third-order valence-electron chi connectivity index (χ3n) is 4.74. The van der Waals surface area contributed by atoms with Crippen molar-refractivity contribution in [3.63, 3.8) is 0 Å². The molecular weight excluding hydrogens is 314 g/mol. The van der Waals surface area contributed by atoms with Crippen LogP contribution in [0.5, 0.6) is 0 Å². The Labute approximate surface area is 148 Å². The molecule has 0 unspecified atom stereocenters. The molecule has 1 heterocycles. The zero-order valence-corrected chi connectivity index (χ0v) is 14.9. The number of carbonyl (C=O) groups is 2. The van der Waals surface area contributed by atoms with E-state index in [1.165, 1.54) is 5.39 Å². The molecule has 0 saturated carbocycles. The predicted octanol–water partition coefficient (Wildman–Crippen LogP) is 1.87. The number of benzene rings is 2. The van der Waals surface area contributed by atoms with E-state index < -0.39 is 0 Å². The van der Waals surface area contributed by atoms with Crippen molar-refractivity contribution >= 4 is 22.6 Å². The fraction of sp³-hybridized carbons (Fsp3) is 0.400. The first-order valence-electron chi connectivity index (χ1n) is 8.71. The average molecular weight is 339 g/mol. The van der Waals surface area contributed by atoms with Crippen LogP contribution in [0.2, 0.25) is 0 Å². The zero-order valence-electron chi connectivity index (χ0n) is 14.9. The second-order valence-corrected chi connectivity index (χ2v) is 6.90. The molecule has 2 aromatic rings. The standard InChI is InChI=1S/C20H25N3O2/c1-22(2)10-11-23-14-17(12-19(23)24)20(25)21-13-16-8-5-7-15-6-3-4-9-18(15)16/h3-9,17H,10-14H2,1-2H3,(H,21,25)/t17-/m1/s1. The van der Waals surface area contributed by atoms with E-state index >= 15 is 0 Å². The molecule has 0 bridgehead atoms. The molecule has 1 aliphatic rings. The molecule has 1 aliphatic heterocycles. The van der Waals surface area contributed by atoms with Crippen LogP contribution in [0, 0.1) is 5.92 Å². The minimum atomic E-state index is -0.246. The number of carbonyl (C=O) groups excluding carboxylic acids is 2. The lowest BCUT2D eigenvalue weighted by molar-refractivity contribution is -0.129. The lowest BCUT2D eigenvalue weighted by Gasteiger charge is -2.19. The van der Waals surface area contributed by atoms with E-state index in [2.05, 4.69) is 23.5 Å². The van der Waals surface area contributed by atoms with E-state index in [0.717, 1.165) is 17.5 Å². The first-order valence-corrected chi connectivity index (χ1v) is 8.71. The summed E-state index contributed by atoms with van der Waals surface area (Å²) in [6.07, 6.45) is 0.314. The maximum absolute atomic E-state index is 12.5. The van der Waals surface area contributed by atoms with Crippen molar-refractivity contribution in [3.8, 4) is 0 Å². The van der Waals surface area contributed by atoms with Crippen molar-refractivity contribution < 1.29 is 9.59 Å². The highest BCUT2D eigenvalue weighted by molar-refractivity contribution is 5.90. The van der Waals surface area contributed by atoms with Gasteiger partial charge in [-0.15, -0.1) is 0 Å². The molecule has 1 saturated heterocycles. The molecule has 1 fully saturated rings.